The van der Waals surface area contributed by atoms with Crippen LogP contribution in [0.3, 0.4) is 0 Å². The van der Waals surface area contributed by atoms with E-state index < -0.39 is 11.9 Å². The highest BCUT2D eigenvalue weighted by atomic mass is 16.5. The maximum atomic E-state index is 12.7. The third kappa shape index (κ3) is 4.18. The Morgan fingerprint density at radius 2 is 1.76 bits per heavy atom. The molecular formula is C20H22N2O3. The van der Waals surface area contributed by atoms with Gasteiger partial charge in [0, 0.05) is 12.1 Å². The lowest BCUT2D eigenvalue weighted by atomic mass is 10.00. The second-order valence-corrected chi connectivity index (χ2v) is 6.21. The quantitative estimate of drug-likeness (QED) is 0.911. The molecule has 1 atom stereocenters. The summed E-state index contributed by atoms with van der Waals surface area (Å²) in [5.41, 5.74) is 6.99. The van der Waals surface area contributed by atoms with Crippen LogP contribution in [0.25, 0.3) is 0 Å². The van der Waals surface area contributed by atoms with Gasteiger partial charge in [0.05, 0.1) is 0 Å². The number of carbonyl (C=O) groups excluding carboxylic acids is 2. The van der Waals surface area contributed by atoms with Gasteiger partial charge in [-0.3, -0.25) is 9.59 Å². The summed E-state index contributed by atoms with van der Waals surface area (Å²) in [7, 11) is 0. The third-order valence-corrected chi connectivity index (χ3v) is 4.44. The summed E-state index contributed by atoms with van der Waals surface area (Å²) in [5.74, 6) is 0.236. The summed E-state index contributed by atoms with van der Waals surface area (Å²) in [6, 6.07) is 16.4. The number of piperidine rings is 1. The molecule has 2 aromatic rings. The topological polar surface area (TPSA) is 72.6 Å². The second-order valence-electron chi connectivity index (χ2n) is 6.21. The van der Waals surface area contributed by atoms with Crippen molar-refractivity contribution in [3.63, 3.8) is 0 Å². The minimum atomic E-state index is -0.498. The van der Waals surface area contributed by atoms with Crippen LogP contribution in [-0.2, 0) is 11.4 Å². The molecule has 1 saturated heterocycles. The lowest BCUT2D eigenvalue weighted by Gasteiger charge is -2.33. The van der Waals surface area contributed by atoms with Gasteiger partial charge in [-0.1, -0.05) is 30.3 Å². The predicted octanol–water partition coefficient (Wildman–Crippen LogP) is 2.75. The fraction of sp³-hybridized carbons (Fsp3) is 0.300. The number of hydrogen-bond acceptors (Lipinski definition) is 3. The molecule has 1 aliphatic rings. The van der Waals surface area contributed by atoms with E-state index in [2.05, 4.69) is 0 Å². The van der Waals surface area contributed by atoms with Gasteiger partial charge in [0.1, 0.15) is 18.4 Å². The highest BCUT2D eigenvalue weighted by molar-refractivity contribution is 5.97. The predicted molar refractivity (Wildman–Crippen MR) is 95.1 cm³/mol. The van der Waals surface area contributed by atoms with Crippen LogP contribution in [0.4, 0.5) is 0 Å². The summed E-state index contributed by atoms with van der Waals surface area (Å²) in [6.07, 6.45) is 2.47. The molecular weight excluding hydrogens is 316 g/mol. The zero-order chi connectivity index (χ0) is 17.6. The fourth-order valence-electron chi connectivity index (χ4n) is 3.06. The van der Waals surface area contributed by atoms with Gasteiger partial charge in [0.25, 0.3) is 5.91 Å². The van der Waals surface area contributed by atoms with E-state index in [4.69, 9.17) is 10.5 Å². The van der Waals surface area contributed by atoms with E-state index >= 15 is 0 Å². The number of carbonyl (C=O) groups is 2. The van der Waals surface area contributed by atoms with Crippen LogP contribution in [0.15, 0.2) is 54.6 Å². The van der Waals surface area contributed by atoms with Crippen LogP contribution in [0.2, 0.25) is 0 Å². The molecule has 0 spiro atoms. The minimum absolute atomic E-state index is 0.140. The number of nitrogens with zero attached hydrogens (tertiary/aromatic N) is 1. The highest BCUT2D eigenvalue weighted by Gasteiger charge is 2.31. The van der Waals surface area contributed by atoms with Crippen molar-refractivity contribution < 1.29 is 14.3 Å². The number of hydrogen-bond donors (Lipinski definition) is 1. The molecule has 5 nitrogen and oxygen atoms in total. The molecule has 1 heterocycles. The molecule has 2 amide bonds. The summed E-state index contributed by atoms with van der Waals surface area (Å²) in [6.45, 7) is 1.01. The number of rotatable bonds is 5. The van der Waals surface area contributed by atoms with Gasteiger partial charge in [0.15, 0.2) is 0 Å². The molecule has 0 bridgehead atoms. The van der Waals surface area contributed by atoms with E-state index in [-0.39, 0.29) is 5.91 Å². The first-order valence-corrected chi connectivity index (χ1v) is 8.52. The first kappa shape index (κ1) is 17.0. The van der Waals surface area contributed by atoms with E-state index in [0.29, 0.717) is 25.1 Å². The van der Waals surface area contributed by atoms with Gasteiger partial charge < -0.3 is 15.4 Å². The molecule has 130 valence electrons. The Kier molecular flexibility index (Phi) is 5.33. The number of likely N-dealkylation sites (tertiary alicyclic amines) is 1. The zero-order valence-corrected chi connectivity index (χ0v) is 14.1. The summed E-state index contributed by atoms with van der Waals surface area (Å²) in [5, 5.41) is 0. The summed E-state index contributed by atoms with van der Waals surface area (Å²) < 4.78 is 5.70. The van der Waals surface area contributed by atoms with Crippen LogP contribution in [0.1, 0.15) is 35.2 Å². The van der Waals surface area contributed by atoms with Gasteiger partial charge >= 0.3 is 0 Å². The molecule has 1 aliphatic heterocycles. The summed E-state index contributed by atoms with van der Waals surface area (Å²) in [4.78, 5) is 25.9. The Morgan fingerprint density at radius 1 is 1.04 bits per heavy atom. The van der Waals surface area contributed by atoms with Crippen molar-refractivity contribution in [3.05, 3.63) is 65.7 Å². The standard InChI is InChI=1S/C20H22N2O3/c21-19(23)18-8-4-5-13-22(18)20(24)16-11-9-15(10-12-16)14-25-17-6-2-1-3-7-17/h1-3,6-7,9-12,18H,4-5,8,13-14H2,(H2,21,23). The highest BCUT2D eigenvalue weighted by Crippen LogP contribution is 2.20. The smallest absolute Gasteiger partial charge is 0.254 e. The molecule has 0 aromatic heterocycles. The fourth-order valence-corrected chi connectivity index (χ4v) is 3.06. The van der Waals surface area contributed by atoms with Crippen molar-refractivity contribution in [1.29, 1.82) is 0 Å². The number of primary amides is 1. The number of nitrogens with two attached hydrogens (primary N) is 1. The summed E-state index contributed by atoms with van der Waals surface area (Å²) >= 11 is 0. The van der Waals surface area contributed by atoms with Gasteiger partial charge in [-0.2, -0.15) is 0 Å². The Hall–Kier alpha value is -2.82. The van der Waals surface area contributed by atoms with Crippen molar-refractivity contribution in [1.82, 2.24) is 4.90 Å². The van der Waals surface area contributed by atoms with Crippen LogP contribution in [0, 0.1) is 0 Å². The minimum Gasteiger partial charge on any atom is -0.489 e. The molecule has 2 aromatic carbocycles. The Balaban J connectivity index is 1.65. The second kappa shape index (κ2) is 7.83. The van der Waals surface area contributed by atoms with Crippen molar-refractivity contribution in [3.8, 4) is 5.75 Å². The Bertz CT molecular complexity index is 728. The van der Waals surface area contributed by atoms with E-state index in [1.807, 2.05) is 42.5 Å². The molecule has 5 heteroatoms. The number of para-hydroxylation sites is 1. The molecule has 3 rings (SSSR count). The maximum Gasteiger partial charge on any atom is 0.254 e. The number of amides is 2. The normalized spacial score (nSPS) is 17.1. The van der Waals surface area contributed by atoms with E-state index in [0.717, 1.165) is 24.2 Å². The van der Waals surface area contributed by atoms with Gasteiger partial charge in [-0.25, -0.2) is 0 Å². The average molecular weight is 338 g/mol. The van der Waals surface area contributed by atoms with Gasteiger partial charge in [-0.05, 0) is 49.1 Å². The van der Waals surface area contributed by atoms with Crippen molar-refractivity contribution in [2.24, 2.45) is 5.73 Å². The molecule has 2 N–H and O–H groups in total. The van der Waals surface area contributed by atoms with Crippen LogP contribution >= 0.6 is 0 Å². The monoisotopic (exact) mass is 338 g/mol. The number of ether oxygens (including phenoxy) is 1. The van der Waals surface area contributed by atoms with Crippen LogP contribution in [-0.4, -0.2) is 29.3 Å². The largest absolute Gasteiger partial charge is 0.489 e. The van der Waals surface area contributed by atoms with Crippen molar-refractivity contribution in [2.45, 2.75) is 31.9 Å². The van der Waals surface area contributed by atoms with E-state index in [1.54, 1.807) is 17.0 Å². The van der Waals surface area contributed by atoms with E-state index in [9.17, 15) is 9.59 Å². The average Bonchev–Trinajstić information content (AvgIpc) is 2.67. The lowest BCUT2D eigenvalue weighted by molar-refractivity contribution is -0.123. The van der Waals surface area contributed by atoms with Gasteiger partial charge in [-0.15, -0.1) is 0 Å². The first-order valence-electron chi connectivity index (χ1n) is 8.52. The van der Waals surface area contributed by atoms with Gasteiger partial charge in [0.2, 0.25) is 5.91 Å². The number of benzene rings is 2. The molecule has 1 unspecified atom stereocenters. The Labute approximate surface area is 147 Å². The Morgan fingerprint density at radius 3 is 2.44 bits per heavy atom. The zero-order valence-electron chi connectivity index (χ0n) is 14.1. The maximum absolute atomic E-state index is 12.7. The van der Waals surface area contributed by atoms with E-state index in [1.165, 1.54) is 0 Å². The molecule has 0 aliphatic carbocycles. The molecule has 0 saturated carbocycles. The lowest BCUT2D eigenvalue weighted by Crippen LogP contribution is -2.50. The SMILES string of the molecule is NC(=O)C1CCCCN1C(=O)c1ccc(COc2ccccc2)cc1. The van der Waals surface area contributed by atoms with Crippen molar-refractivity contribution >= 4 is 11.8 Å². The first-order chi connectivity index (χ1) is 12.1. The van der Waals surface area contributed by atoms with Crippen molar-refractivity contribution in [2.75, 3.05) is 6.54 Å². The molecule has 25 heavy (non-hydrogen) atoms. The molecule has 0 radical (unpaired) electrons. The third-order valence-electron chi connectivity index (χ3n) is 4.44. The molecule has 1 fully saturated rings. The van der Waals surface area contributed by atoms with Crippen LogP contribution < -0.4 is 10.5 Å². The van der Waals surface area contributed by atoms with Crippen LogP contribution in [0.5, 0.6) is 5.75 Å².